The first-order valence-corrected chi connectivity index (χ1v) is 15.7. The Morgan fingerprint density at radius 1 is 1.02 bits per heavy atom. The number of pyridine rings is 2. The number of halogens is 1. The molecule has 2 aliphatic carbocycles. The lowest BCUT2D eigenvalue weighted by atomic mass is 9.95. The van der Waals surface area contributed by atoms with Crippen LogP contribution in [-0.2, 0) is 24.0 Å². The summed E-state index contributed by atoms with van der Waals surface area (Å²) in [6.45, 7) is 5.87. The first-order chi connectivity index (χ1) is 19.1. The van der Waals surface area contributed by atoms with E-state index in [0.29, 0.717) is 59.1 Å². The summed E-state index contributed by atoms with van der Waals surface area (Å²) in [6, 6.07) is 7.72. The molecule has 0 aliphatic heterocycles. The van der Waals surface area contributed by atoms with Gasteiger partial charge in [0.15, 0.2) is 16.6 Å². The average molecular weight is 626 g/mol. The molecule has 4 aromatic heterocycles. The number of fused-ring (bicyclic) bond motifs is 3. The topological polar surface area (TPSA) is 119 Å². The van der Waals surface area contributed by atoms with Crippen LogP contribution in [0.1, 0.15) is 81.4 Å². The molecule has 210 valence electrons. The smallest absolute Gasteiger partial charge is 0.278 e. The fourth-order valence-corrected chi connectivity index (χ4v) is 7.10. The molecule has 0 radical (unpaired) electrons. The van der Waals surface area contributed by atoms with E-state index in [1.165, 1.54) is 11.8 Å². The molecule has 9 nitrogen and oxygen atoms in total. The first-order valence-electron chi connectivity index (χ1n) is 13.9. The summed E-state index contributed by atoms with van der Waals surface area (Å²) in [7, 11) is 0. The molecule has 0 fully saturated rings. The van der Waals surface area contributed by atoms with Crippen LogP contribution in [0.25, 0.3) is 16.9 Å². The third-order valence-electron chi connectivity index (χ3n) is 8.26. The predicted octanol–water partition coefficient (Wildman–Crippen LogP) is 4.97. The van der Waals surface area contributed by atoms with E-state index < -0.39 is 11.2 Å². The molecule has 0 aromatic carbocycles. The maximum atomic E-state index is 13.4. The minimum absolute atomic E-state index is 0.137. The molecule has 2 aliphatic rings. The predicted molar refractivity (Wildman–Crippen MR) is 158 cm³/mol. The highest BCUT2D eigenvalue weighted by molar-refractivity contribution is 9.10. The van der Waals surface area contributed by atoms with E-state index in [2.05, 4.69) is 25.9 Å². The summed E-state index contributed by atoms with van der Waals surface area (Å²) >= 11 is 4.93. The summed E-state index contributed by atoms with van der Waals surface area (Å²) in [5, 5.41) is 23.4. The Morgan fingerprint density at radius 3 is 2.45 bits per heavy atom. The number of hydrogen-bond donors (Lipinski definition) is 2. The maximum Gasteiger partial charge on any atom is 0.278 e. The van der Waals surface area contributed by atoms with Gasteiger partial charge in [0.1, 0.15) is 21.2 Å². The molecule has 4 aromatic rings. The van der Waals surface area contributed by atoms with Crippen molar-refractivity contribution in [3.05, 3.63) is 67.9 Å². The quantitative estimate of drug-likeness (QED) is 0.122. The number of thioether (sulfide) groups is 1. The van der Waals surface area contributed by atoms with Crippen LogP contribution in [0.4, 0.5) is 0 Å². The summed E-state index contributed by atoms with van der Waals surface area (Å²) in [6.07, 6.45) is 6.48. The highest BCUT2D eigenvalue weighted by Crippen LogP contribution is 2.40. The van der Waals surface area contributed by atoms with Gasteiger partial charge in [-0.3, -0.25) is 4.79 Å². The normalized spacial score (nSPS) is 21.9. The lowest BCUT2D eigenvalue weighted by Crippen LogP contribution is -2.26. The van der Waals surface area contributed by atoms with Crippen LogP contribution < -0.4 is 5.56 Å². The van der Waals surface area contributed by atoms with Crippen molar-refractivity contribution >= 4 is 38.7 Å². The zero-order valence-corrected chi connectivity index (χ0v) is 25.3. The molecule has 6 rings (SSSR count). The molecule has 4 heterocycles. The van der Waals surface area contributed by atoms with Crippen molar-refractivity contribution in [3.8, 4) is 5.82 Å². The van der Waals surface area contributed by atoms with Crippen molar-refractivity contribution in [2.45, 2.75) is 88.1 Å². The van der Waals surface area contributed by atoms with Gasteiger partial charge >= 0.3 is 0 Å². The minimum Gasteiger partial charge on any atom is -0.384 e. The van der Waals surface area contributed by atoms with Gasteiger partial charge in [-0.1, -0.05) is 30.8 Å². The van der Waals surface area contributed by atoms with Crippen molar-refractivity contribution in [2.24, 2.45) is 0 Å². The van der Waals surface area contributed by atoms with Crippen LogP contribution in [0.15, 0.2) is 45.0 Å². The highest BCUT2D eigenvalue weighted by atomic mass is 79.9. The number of aryl methyl sites for hydroxylation is 2. The van der Waals surface area contributed by atoms with Crippen LogP contribution >= 0.6 is 27.7 Å². The monoisotopic (exact) mass is 624 g/mol. The Labute approximate surface area is 245 Å². The number of nitrogens with zero attached hydrogens (tertiary/aromatic N) is 6. The second-order valence-corrected chi connectivity index (χ2v) is 13.0. The van der Waals surface area contributed by atoms with E-state index in [1.54, 1.807) is 15.6 Å². The van der Waals surface area contributed by atoms with Crippen LogP contribution in [-0.4, -0.2) is 45.3 Å². The summed E-state index contributed by atoms with van der Waals surface area (Å²) < 4.78 is 4.16. The molecule has 2 atom stereocenters. The summed E-state index contributed by atoms with van der Waals surface area (Å²) in [5.74, 6) is 1.27. The van der Waals surface area contributed by atoms with E-state index >= 15 is 0 Å². The zero-order chi connectivity index (χ0) is 28.2. The molecular weight excluding hydrogens is 592 g/mol. The van der Waals surface area contributed by atoms with Crippen LogP contribution in [0, 0.1) is 0 Å². The Balaban J connectivity index is 1.28. The van der Waals surface area contributed by atoms with Crippen LogP contribution in [0.3, 0.4) is 0 Å². The maximum absolute atomic E-state index is 13.4. The van der Waals surface area contributed by atoms with Gasteiger partial charge in [0.05, 0.1) is 11.4 Å². The molecule has 0 saturated carbocycles. The zero-order valence-electron chi connectivity index (χ0n) is 22.9. The van der Waals surface area contributed by atoms with E-state index in [9.17, 15) is 15.0 Å². The molecule has 2 N–H and O–H groups in total. The van der Waals surface area contributed by atoms with Gasteiger partial charge in [0, 0.05) is 18.0 Å². The van der Waals surface area contributed by atoms with Crippen molar-refractivity contribution in [3.63, 3.8) is 0 Å². The fraction of sp³-hybridized carbons (Fsp3) is 0.483. The molecular formula is C29H33BrN6O3S. The van der Waals surface area contributed by atoms with Gasteiger partial charge in [-0.25, -0.2) is 29.3 Å². The fourth-order valence-electron chi connectivity index (χ4n) is 6.04. The molecule has 0 unspecified atom stereocenters. The second kappa shape index (κ2) is 10.3. The van der Waals surface area contributed by atoms with Gasteiger partial charge in [-0.15, -0.1) is 0 Å². The summed E-state index contributed by atoms with van der Waals surface area (Å²) in [5.41, 5.74) is 2.07. The Kier molecular flexibility index (Phi) is 7.13. The SMILES string of the molecule is CC[C@@]1(O)CCc2ccc(-n3c4nc(SCCC[C@@]5(O)CCc6ccc(Br)nc65)ncc4c(=O)n3C(C)C)nc21. The largest absolute Gasteiger partial charge is 0.384 e. The molecule has 0 saturated heterocycles. The van der Waals surface area contributed by atoms with E-state index in [4.69, 9.17) is 9.97 Å². The van der Waals surface area contributed by atoms with Gasteiger partial charge < -0.3 is 10.2 Å². The lowest BCUT2D eigenvalue weighted by molar-refractivity contribution is 0.0250. The van der Waals surface area contributed by atoms with E-state index in [0.717, 1.165) is 40.7 Å². The molecule has 0 spiro atoms. The van der Waals surface area contributed by atoms with E-state index in [1.807, 2.05) is 45.0 Å². The Bertz CT molecular complexity index is 1670. The Hall–Kier alpha value is -2.60. The number of hydrogen-bond acceptors (Lipinski definition) is 8. The highest BCUT2D eigenvalue weighted by Gasteiger charge is 2.38. The van der Waals surface area contributed by atoms with Crippen LogP contribution in [0.5, 0.6) is 0 Å². The van der Waals surface area contributed by atoms with Crippen molar-refractivity contribution in [2.75, 3.05) is 5.75 Å². The number of rotatable bonds is 8. The average Bonchev–Trinajstić information content (AvgIpc) is 3.56. The Morgan fingerprint density at radius 2 is 1.73 bits per heavy atom. The second-order valence-electron chi connectivity index (χ2n) is 11.1. The van der Waals surface area contributed by atoms with Gasteiger partial charge in [-0.2, -0.15) is 0 Å². The standard InChI is InChI=1S/C29H33BrN6O3S/c1-4-28(38)13-10-19-7-9-22(33-23(19)28)36-25-20(26(37)35(36)17(2)3)16-31-27(34-25)40-15-5-12-29(39)14-11-18-6-8-21(30)32-24(18)29/h6-9,16-17,38-39H,4-5,10-15H2,1-3H3/t28-,29-/m1/s1. The minimum atomic E-state index is -0.956. The van der Waals surface area contributed by atoms with Gasteiger partial charge in [-0.05, 0) is 98.0 Å². The van der Waals surface area contributed by atoms with Crippen molar-refractivity contribution in [1.29, 1.82) is 0 Å². The molecule has 40 heavy (non-hydrogen) atoms. The van der Waals surface area contributed by atoms with Crippen molar-refractivity contribution in [1.82, 2.24) is 29.3 Å². The number of aromatic nitrogens is 6. The summed E-state index contributed by atoms with van der Waals surface area (Å²) in [4.78, 5) is 32.1. The van der Waals surface area contributed by atoms with Gasteiger partial charge in [0.2, 0.25) is 0 Å². The van der Waals surface area contributed by atoms with Crippen molar-refractivity contribution < 1.29 is 10.2 Å². The van der Waals surface area contributed by atoms with E-state index in [-0.39, 0.29) is 11.6 Å². The third-order valence-corrected chi connectivity index (χ3v) is 9.65. The van der Waals surface area contributed by atoms with Gasteiger partial charge in [0.25, 0.3) is 5.56 Å². The third kappa shape index (κ3) is 4.60. The number of aliphatic hydroxyl groups is 2. The van der Waals surface area contributed by atoms with Crippen LogP contribution in [0.2, 0.25) is 0 Å². The molecule has 0 amide bonds. The molecule has 11 heteroatoms. The molecule has 0 bridgehead atoms. The first kappa shape index (κ1) is 27.6. The lowest BCUT2D eigenvalue weighted by Gasteiger charge is -2.22.